The summed E-state index contributed by atoms with van der Waals surface area (Å²) in [4.78, 5) is 0. The lowest BCUT2D eigenvalue weighted by Crippen LogP contribution is -2.20. The van der Waals surface area contributed by atoms with Gasteiger partial charge in [0.1, 0.15) is 0 Å². The average molecular weight is 209 g/mol. The van der Waals surface area contributed by atoms with Crippen molar-refractivity contribution in [2.75, 3.05) is 0 Å². The summed E-state index contributed by atoms with van der Waals surface area (Å²) < 4.78 is 0. The Bertz CT molecular complexity index is 157. The summed E-state index contributed by atoms with van der Waals surface area (Å²) in [5.74, 6) is 1.74. The molecule has 0 N–H and O–H groups in total. The predicted molar refractivity (Wildman–Crippen MR) is 68.9 cm³/mol. The third-order valence-electron chi connectivity index (χ3n) is 4.26. The molecule has 1 radical (unpaired) electrons. The van der Waals surface area contributed by atoms with Gasteiger partial charge in [0, 0.05) is 0 Å². The molecule has 0 unspecified atom stereocenters. The van der Waals surface area contributed by atoms with Gasteiger partial charge in [0.2, 0.25) is 0 Å². The van der Waals surface area contributed by atoms with Crippen molar-refractivity contribution < 1.29 is 0 Å². The molecular formula is C15H29. The molecule has 0 aromatic carbocycles. The molecule has 1 saturated carbocycles. The first-order valence-electron chi connectivity index (χ1n) is 6.96. The van der Waals surface area contributed by atoms with Crippen LogP contribution in [0.5, 0.6) is 0 Å². The molecule has 0 bridgehead atoms. The molecule has 0 saturated heterocycles. The van der Waals surface area contributed by atoms with Gasteiger partial charge in [-0.25, -0.2) is 0 Å². The van der Waals surface area contributed by atoms with Crippen LogP contribution in [-0.2, 0) is 0 Å². The smallest absolute Gasteiger partial charge is 0.0216 e. The van der Waals surface area contributed by atoms with Crippen molar-refractivity contribution in [2.24, 2.45) is 5.41 Å². The van der Waals surface area contributed by atoms with E-state index in [1.807, 2.05) is 0 Å². The van der Waals surface area contributed by atoms with E-state index in [9.17, 15) is 0 Å². The normalized spacial score (nSPS) is 26.6. The lowest BCUT2D eigenvalue weighted by atomic mass is 9.73. The van der Waals surface area contributed by atoms with E-state index in [4.69, 9.17) is 0 Å². The van der Waals surface area contributed by atoms with Gasteiger partial charge in [0.05, 0.1) is 0 Å². The SMILES string of the molecule is C[C]1CCCCCCCCCCC1(C)C. The first kappa shape index (κ1) is 13.1. The summed E-state index contributed by atoms with van der Waals surface area (Å²) in [6, 6.07) is 0. The Morgan fingerprint density at radius 2 is 1.20 bits per heavy atom. The van der Waals surface area contributed by atoms with E-state index in [2.05, 4.69) is 20.8 Å². The molecule has 1 aliphatic carbocycles. The van der Waals surface area contributed by atoms with Crippen LogP contribution in [0.2, 0.25) is 0 Å². The maximum Gasteiger partial charge on any atom is -0.0216 e. The molecule has 1 rings (SSSR count). The highest BCUT2D eigenvalue weighted by Gasteiger charge is 2.25. The Hall–Kier alpha value is 0. The predicted octanol–water partition coefficient (Wildman–Crippen LogP) is 5.52. The summed E-state index contributed by atoms with van der Waals surface area (Å²) in [6.07, 6.45) is 14.4. The molecule has 1 fully saturated rings. The molecule has 1 aliphatic rings. The average Bonchev–Trinajstić information content (AvgIpc) is 2.18. The molecule has 0 aromatic heterocycles. The molecule has 0 atom stereocenters. The molecule has 0 heteroatoms. The molecule has 0 aliphatic heterocycles. The first-order chi connectivity index (χ1) is 7.13. The minimum absolute atomic E-state index is 0.499. The van der Waals surface area contributed by atoms with Crippen molar-refractivity contribution in [1.29, 1.82) is 0 Å². The lowest BCUT2D eigenvalue weighted by molar-refractivity contribution is 0.315. The summed E-state index contributed by atoms with van der Waals surface area (Å²) in [5, 5.41) is 0. The molecule has 15 heavy (non-hydrogen) atoms. The highest BCUT2D eigenvalue weighted by molar-refractivity contribution is 4.98. The van der Waals surface area contributed by atoms with Crippen molar-refractivity contribution in [1.82, 2.24) is 0 Å². The zero-order valence-electron chi connectivity index (χ0n) is 11.1. The summed E-state index contributed by atoms with van der Waals surface area (Å²) in [5.41, 5.74) is 0.499. The van der Waals surface area contributed by atoms with Crippen LogP contribution >= 0.6 is 0 Å². The zero-order chi connectivity index (χ0) is 11.1. The number of rotatable bonds is 0. The van der Waals surface area contributed by atoms with Gasteiger partial charge in [-0.1, -0.05) is 72.1 Å². The first-order valence-corrected chi connectivity index (χ1v) is 6.96. The fourth-order valence-corrected chi connectivity index (χ4v) is 2.57. The van der Waals surface area contributed by atoms with E-state index in [1.54, 1.807) is 5.92 Å². The second-order valence-electron chi connectivity index (χ2n) is 5.99. The summed E-state index contributed by atoms with van der Waals surface area (Å²) in [6.45, 7) is 7.26. The fourth-order valence-electron chi connectivity index (χ4n) is 2.57. The fraction of sp³-hybridized carbons (Fsp3) is 0.933. The topological polar surface area (TPSA) is 0 Å². The molecule has 89 valence electrons. The van der Waals surface area contributed by atoms with Gasteiger partial charge in [-0.2, -0.15) is 0 Å². The van der Waals surface area contributed by atoms with E-state index >= 15 is 0 Å². The van der Waals surface area contributed by atoms with Gasteiger partial charge in [0.15, 0.2) is 0 Å². The van der Waals surface area contributed by atoms with Gasteiger partial charge in [-0.3, -0.25) is 0 Å². The van der Waals surface area contributed by atoms with E-state index in [0.29, 0.717) is 5.41 Å². The Labute approximate surface area is 96.8 Å². The van der Waals surface area contributed by atoms with Crippen LogP contribution in [0.4, 0.5) is 0 Å². The van der Waals surface area contributed by atoms with Crippen LogP contribution < -0.4 is 0 Å². The standard InChI is InChI=1S/C15H29/c1-14-12-10-8-6-4-5-7-9-11-13-15(14,2)3/h4-13H2,1-3H3. The van der Waals surface area contributed by atoms with Crippen LogP contribution in [0.1, 0.15) is 85.0 Å². The van der Waals surface area contributed by atoms with Crippen molar-refractivity contribution in [3.05, 3.63) is 5.92 Å². The Balaban J connectivity index is 2.38. The van der Waals surface area contributed by atoms with Gasteiger partial charge in [-0.15, -0.1) is 0 Å². The molecule has 0 nitrogen and oxygen atoms in total. The second kappa shape index (κ2) is 6.55. The minimum atomic E-state index is 0.499. The Morgan fingerprint density at radius 3 is 1.80 bits per heavy atom. The van der Waals surface area contributed by atoms with Crippen LogP contribution in [0, 0.1) is 11.3 Å². The van der Waals surface area contributed by atoms with Crippen LogP contribution in [0.3, 0.4) is 0 Å². The van der Waals surface area contributed by atoms with Crippen molar-refractivity contribution >= 4 is 0 Å². The maximum atomic E-state index is 2.44. The van der Waals surface area contributed by atoms with E-state index in [1.165, 1.54) is 64.2 Å². The van der Waals surface area contributed by atoms with Crippen molar-refractivity contribution in [3.8, 4) is 0 Å². The third kappa shape index (κ3) is 5.04. The molecule has 0 heterocycles. The van der Waals surface area contributed by atoms with E-state index in [0.717, 1.165) is 0 Å². The highest BCUT2D eigenvalue weighted by Crippen LogP contribution is 2.37. The highest BCUT2D eigenvalue weighted by atomic mass is 14.3. The zero-order valence-corrected chi connectivity index (χ0v) is 11.1. The second-order valence-corrected chi connectivity index (χ2v) is 5.99. The largest absolute Gasteiger partial charge is 0.0594 e. The van der Waals surface area contributed by atoms with Crippen LogP contribution in [0.15, 0.2) is 0 Å². The monoisotopic (exact) mass is 209 g/mol. The Kier molecular flexibility index (Phi) is 5.71. The molecule has 0 amide bonds. The van der Waals surface area contributed by atoms with Gasteiger partial charge in [0.25, 0.3) is 0 Å². The Morgan fingerprint density at radius 1 is 0.733 bits per heavy atom. The summed E-state index contributed by atoms with van der Waals surface area (Å²) in [7, 11) is 0. The van der Waals surface area contributed by atoms with Crippen molar-refractivity contribution in [2.45, 2.75) is 85.0 Å². The minimum Gasteiger partial charge on any atom is -0.0594 e. The van der Waals surface area contributed by atoms with Gasteiger partial charge in [-0.05, 0) is 24.2 Å². The molecular weight excluding hydrogens is 180 g/mol. The summed E-state index contributed by atoms with van der Waals surface area (Å²) >= 11 is 0. The third-order valence-corrected chi connectivity index (χ3v) is 4.26. The number of hydrogen-bond donors (Lipinski definition) is 0. The number of hydrogen-bond acceptors (Lipinski definition) is 0. The van der Waals surface area contributed by atoms with Crippen molar-refractivity contribution in [3.63, 3.8) is 0 Å². The lowest BCUT2D eigenvalue weighted by Gasteiger charge is -2.32. The quantitative estimate of drug-likeness (QED) is 0.492. The maximum absolute atomic E-state index is 2.44. The van der Waals surface area contributed by atoms with E-state index < -0.39 is 0 Å². The van der Waals surface area contributed by atoms with Gasteiger partial charge < -0.3 is 0 Å². The van der Waals surface area contributed by atoms with Crippen LogP contribution in [-0.4, -0.2) is 0 Å². The van der Waals surface area contributed by atoms with Crippen LogP contribution in [0.25, 0.3) is 0 Å². The molecule has 0 spiro atoms. The van der Waals surface area contributed by atoms with E-state index in [-0.39, 0.29) is 0 Å². The molecule has 0 aromatic rings. The van der Waals surface area contributed by atoms with Gasteiger partial charge >= 0.3 is 0 Å².